The van der Waals surface area contributed by atoms with E-state index in [4.69, 9.17) is 4.74 Å². The van der Waals surface area contributed by atoms with E-state index in [1.165, 1.54) is 11.8 Å². The maximum Gasteiger partial charge on any atom is 0.319 e. The monoisotopic (exact) mass is 318 g/mol. The zero-order chi connectivity index (χ0) is 15.2. The van der Waals surface area contributed by atoms with Gasteiger partial charge in [0.05, 0.1) is 22.7 Å². The Hall–Kier alpha value is -1.84. The molecule has 2 aromatic heterocycles. The van der Waals surface area contributed by atoms with E-state index in [-0.39, 0.29) is 5.97 Å². The maximum absolute atomic E-state index is 11.7. The molecule has 2 rings (SSSR count). The molecule has 0 N–H and O–H groups in total. The van der Waals surface area contributed by atoms with E-state index in [0.717, 1.165) is 10.6 Å². The first-order valence-electron chi connectivity index (χ1n) is 6.44. The van der Waals surface area contributed by atoms with Crippen LogP contribution in [0.2, 0.25) is 0 Å². The number of thioether (sulfide) groups is 1. The summed E-state index contributed by atoms with van der Waals surface area (Å²) in [4.78, 5) is 17.3. The summed E-state index contributed by atoms with van der Waals surface area (Å²) < 4.78 is 4.98. The van der Waals surface area contributed by atoms with E-state index in [0.29, 0.717) is 17.2 Å². The molecule has 108 valence electrons. The summed E-state index contributed by atoms with van der Waals surface area (Å²) in [6.45, 7) is 3.87. The molecule has 0 fully saturated rings. The minimum Gasteiger partial charge on any atom is -0.465 e. The minimum atomic E-state index is -0.400. The summed E-state index contributed by atoms with van der Waals surface area (Å²) in [5.41, 5.74) is 1.28. The van der Waals surface area contributed by atoms with E-state index >= 15 is 0 Å². The van der Waals surface area contributed by atoms with Gasteiger partial charge in [0, 0.05) is 0 Å². The van der Waals surface area contributed by atoms with Crippen LogP contribution in [0.3, 0.4) is 0 Å². The van der Waals surface area contributed by atoms with Gasteiger partial charge in [0.1, 0.15) is 16.3 Å². The van der Waals surface area contributed by atoms with Gasteiger partial charge < -0.3 is 4.74 Å². The highest BCUT2D eigenvalue weighted by atomic mass is 32.2. The third kappa shape index (κ3) is 3.84. The van der Waals surface area contributed by atoms with Crippen molar-refractivity contribution in [2.75, 3.05) is 6.61 Å². The molecule has 0 aromatic carbocycles. The number of rotatable bonds is 5. The molecule has 1 atom stereocenters. The minimum absolute atomic E-state index is 0.297. The Kier molecular flexibility index (Phi) is 5.37. The third-order valence-corrected chi connectivity index (χ3v) is 4.63. The van der Waals surface area contributed by atoms with Crippen LogP contribution in [-0.4, -0.2) is 22.8 Å². The number of nitrogens with zero attached hydrogens (tertiary/aromatic N) is 2. The largest absolute Gasteiger partial charge is 0.465 e. The lowest BCUT2D eigenvalue weighted by atomic mass is 10.2. The lowest BCUT2D eigenvalue weighted by Crippen LogP contribution is -2.17. The molecule has 0 radical (unpaired) electrons. The fraction of sp³-hybridized carbons (Fsp3) is 0.267. The van der Waals surface area contributed by atoms with Gasteiger partial charge in [-0.15, -0.1) is 11.3 Å². The standard InChI is InChI=1S/C15H14N2O2S2/c1-3-19-15(18)10(2)21-14-11(9-16)6-7-12(17-14)13-5-4-8-20-13/h4-8,10H,3H2,1-2H3/t10-/m0/s1. The van der Waals surface area contributed by atoms with Gasteiger partial charge in [-0.05, 0) is 37.4 Å². The second-order valence-corrected chi connectivity index (χ2v) is 6.43. The Morgan fingerprint density at radius 2 is 2.33 bits per heavy atom. The molecule has 21 heavy (non-hydrogen) atoms. The summed E-state index contributed by atoms with van der Waals surface area (Å²) in [5, 5.41) is 11.3. The van der Waals surface area contributed by atoms with Gasteiger partial charge in [0.2, 0.25) is 0 Å². The lowest BCUT2D eigenvalue weighted by molar-refractivity contribution is -0.142. The second-order valence-electron chi connectivity index (χ2n) is 4.15. The van der Waals surface area contributed by atoms with Crippen LogP contribution in [0, 0.1) is 11.3 Å². The molecular weight excluding hydrogens is 304 g/mol. The summed E-state index contributed by atoms with van der Waals surface area (Å²) in [7, 11) is 0. The predicted octanol–water partition coefficient (Wildman–Crippen LogP) is 3.73. The normalized spacial score (nSPS) is 11.7. The Bertz CT molecular complexity index is 663. The lowest BCUT2D eigenvalue weighted by Gasteiger charge is -2.11. The second kappa shape index (κ2) is 7.25. The Morgan fingerprint density at radius 1 is 1.52 bits per heavy atom. The fourth-order valence-electron chi connectivity index (χ4n) is 1.65. The average Bonchev–Trinajstić information content (AvgIpc) is 3.01. The molecule has 0 bridgehead atoms. The van der Waals surface area contributed by atoms with Gasteiger partial charge in [0.25, 0.3) is 0 Å². The van der Waals surface area contributed by atoms with Gasteiger partial charge in [-0.25, -0.2) is 4.98 Å². The number of carbonyl (C=O) groups excluding carboxylic acids is 1. The van der Waals surface area contributed by atoms with Crippen LogP contribution in [0.4, 0.5) is 0 Å². The summed E-state index contributed by atoms with van der Waals surface area (Å²) in [5.74, 6) is -0.297. The maximum atomic E-state index is 11.7. The fourth-order valence-corrected chi connectivity index (χ4v) is 3.24. The topological polar surface area (TPSA) is 63.0 Å². The zero-order valence-corrected chi connectivity index (χ0v) is 13.3. The molecule has 0 amide bonds. The van der Waals surface area contributed by atoms with Crippen LogP contribution in [0.25, 0.3) is 10.6 Å². The van der Waals surface area contributed by atoms with E-state index in [9.17, 15) is 10.1 Å². The molecule has 0 aliphatic carbocycles. The number of pyridine rings is 1. The highest BCUT2D eigenvalue weighted by Gasteiger charge is 2.19. The van der Waals surface area contributed by atoms with E-state index in [2.05, 4.69) is 11.1 Å². The van der Waals surface area contributed by atoms with Crippen molar-refractivity contribution in [1.82, 2.24) is 4.98 Å². The summed E-state index contributed by atoms with van der Waals surface area (Å²) >= 11 is 2.84. The van der Waals surface area contributed by atoms with Crippen LogP contribution in [0.1, 0.15) is 19.4 Å². The highest BCUT2D eigenvalue weighted by molar-refractivity contribution is 8.00. The van der Waals surface area contributed by atoms with Crippen LogP contribution in [0.5, 0.6) is 0 Å². The van der Waals surface area contributed by atoms with E-state index in [1.54, 1.807) is 31.3 Å². The van der Waals surface area contributed by atoms with Gasteiger partial charge in [-0.3, -0.25) is 4.79 Å². The molecule has 2 aromatic rings. The molecule has 0 saturated heterocycles. The van der Waals surface area contributed by atoms with Crippen molar-refractivity contribution in [3.8, 4) is 16.6 Å². The Morgan fingerprint density at radius 3 is 2.95 bits per heavy atom. The van der Waals surface area contributed by atoms with Crippen molar-refractivity contribution in [2.45, 2.75) is 24.1 Å². The van der Waals surface area contributed by atoms with E-state index in [1.807, 2.05) is 23.6 Å². The van der Waals surface area contributed by atoms with Gasteiger partial charge >= 0.3 is 5.97 Å². The number of aromatic nitrogens is 1. The Balaban J connectivity index is 2.27. The van der Waals surface area contributed by atoms with Crippen LogP contribution < -0.4 is 0 Å². The van der Waals surface area contributed by atoms with Crippen molar-refractivity contribution in [3.05, 3.63) is 35.2 Å². The van der Waals surface area contributed by atoms with Crippen molar-refractivity contribution >= 4 is 29.1 Å². The molecule has 6 heteroatoms. The SMILES string of the molecule is CCOC(=O)[C@H](C)Sc1nc(-c2cccs2)ccc1C#N. The van der Waals surface area contributed by atoms with Crippen molar-refractivity contribution in [1.29, 1.82) is 5.26 Å². The smallest absolute Gasteiger partial charge is 0.319 e. The first-order chi connectivity index (χ1) is 10.2. The van der Waals surface area contributed by atoms with Crippen molar-refractivity contribution in [3.63, 3.8) is 0 Å². The first kappa shape index (κ1) is 15.5. The van der Waals surface area contributed by atoms with Crippen LogP contribution in [0.15, 0.2) is 34.7 Å². The van der Waals surface area contributed by atoms with Crippen LogP contribution in [-0.2, 0) is 9.53 Å². The van der Waals surface area contributed by atoms with E-state index < -0.39 is 5.25 Å². The van der Waals surface area contributed by atoms with Gasteiger partial charge in [0.15, 0.2) is 0 Å². The molecule has 0 aliphatic rings. The Labute approximate surface area is 131 Å². The molecule has 0 saturated carbocycles. The van der Waals surface area contributed by atoms with Gasteiger partial charge in [-0.1, -0.05) is 17.8 Å². The number of ether oxygens (including phenoxy) is 1. The number of hydrogen-bond acceptors (Lipinski definition) is 6. The van der Waals surface area contributed by atoms with Gasteiger partial charge in [-0.2, -0.15) is 5.26 Å². The first-order valence-corrected chi connectivity index (χ1v) is 8.20. The molecule has 0 spiro atoms. The predicted molar refractivity (Wildman–Crippen MR) is 84.2 cm³/mol. The zero-order valence-electron chi connectivity index (χ0n) is 11.7. The van der Waals surface area contributed by atoms with Crippen molar-refractivity contribution < 1.29 is 9.53 Å². The summed E-state index contributed by atoms with van der Waals surface area (Å²) in [6.07, 6.45) is 0. The molecule has 0 unspecified atom stereocenters. The van der Waals surface area contributed by atoms with Crippen LogP contribution >= 0.6 is 23.1 Å². The number of hydrogen-bond donors (Lipinski definition) is 0. The van der Waals surface area contributed by atoms with Crippen molar-refractivity contribution in [2.24, 2.45) is 0 Å². The number of esters is 1. The molecule has 0 aliphatic heterocycles. The quantitative estimate of drug-likeness (QED) is 0.621. The molecular formula is C15H14N2O2S2. The third-order valence-electron chi connectivity index (χ3n) is 2.66. The summed E-state index contributed by atoms with van der Waals surface area (Å²) in [6, 6.07) is 9.60. The molecule has 2 heterocycles. The highest BCUT2D eigenvalue weighted by Crippen LogP contribution is 2.30. The molecule has 4 nitrogen and oxygen atoms in total. The number of carbonyl (C=O) groups is 1. The number of nitriles is 1. The average molecular weight is 318 g/mol. The number of thiophene rings is 1.